The standard InChI is InChI=1S/C23H21NO5S/c1-28-18-11-9-17(10-12-18)20(25)15-29-23(27)19(14-16-6-3-2-4-7-16)24-22(26)21-8-5-13-30-21/h2-13,19H,14-15H2,1H3,(H,24,26). The molecule has 1 heterocycles. The minimum absolute atomic E-state index is 0.257. The van der Waals surface area contributed by atoms with Crippen LogP contribution in [0.5, 0.6) is 5.75 Å². The van der Waals surface area contributed by atoms with Gasteiger partial charge in [-0.25, -0.2) is 4.79 Å². The Morgan fingerprint density at radius 1 is 0.967 bits per heavy atom. The number of Topliss-reactive ketones (excluding diaryl/α,β-unsaturated/α-hetero) is 1. The van der Waals surface area contributed by atoms with Crippen LogP contribution in [0.15, 0.2) is 72.1 Å². The lowest BCUT2D eigenvalue weighted by Crippen LogP contribution is -2.43. The lowest BCUT2D eigenvalue weighted by Gasteiger charge is -2.17. The first kappa shape index (κ1) is 21.3. The van der Waals surface area contributed by atoms with Crippen LogP contribution in [0.3, 0.4) is 0 Å². The second kappa shape index (κ2) is 10.4. The van der Waals surface area contributed by atoms with Crippen LogP contribution >= 0.6 is 11.3 Å². The summed E-state index contributed by atoms with van der Waals surface area (Å²) in [6, 6.07) is 18.4. The molecule has 2 aromatic carbocycles. The number of benzene rings is 2. The lowest BCUT2D eigenvalue weighted by atomic mass is 10.1. The van der Waals surface area contributed by atoms with Gasteiger partial charge in [0.2, 0.25) is 0 Å². The number of carbonyl (C=O) groups excluding carboxylic acids is 3. The average molecular weight is 423 g/mol. The largest absolute Gasteiger partial charge is 0.497 e. The summed E-state index contributed by atoms with van der Waals surface area (Å²) >= 11 is 1.28. The first-order chi connectivity index (χ1) is 14.6. The van der Waals surface area contributed by atoms with Gasteiger partial charge >= 0.3 is 5.97 Å². The number of amides is 1. The first-order valence-electron chi connectivity index (χ1n) is 9.29. The summed E-state index contributed by atoms with van der Waals surface area (Å²) in [5, 5.41) is 4.50. The van der Waals surface area contributed by atoms with Crippen LogP contribution in [0.4, 0.5) is 0 Å². The van der Waals surface area contributed by atoms with Gasteiger partial charge in [-0.1, -0.05) is 36.4 Å². The fraction of sp³-hybridized carbons (Fsp3) is 0.174. The molecular formula is C23H21NO5S. The van der Waals surface area contributed by atoms with Gasteiger partial charge in [0.1, 0.15) is 11.8 Å². The molecule has 0 aliphatic heterocycles. The molecule has 6 nitrogen and oxygen atoms in total. The molecule has 154 valence electrons. The summed E-state index contributed by atoms with van der Waals surface area (Å²) in [6.45, 7) is -0.411. The molecule has 30 heavy (non-hydrogen) atoms. The maximum Gasteiger partial charge on any atom is 0.329 e. The summed E-state index contributed by atoms with van der Waals surface area (Å²) in [7, 11) is 1.54. The van der Waals surface area contributed by atoms with Crippen molar-refractivity contribution in [2.24, 2.45) is 0 Å². The fourth-order valence-corrected chi connectivity index (χ4v) is 3.40. The van der Waals surface area contributed by atoms with Crippen molar-refractivity contribution in [1.82, 2.24) is 5.32 Å². The Bertz CT molecular complexity index is 984. The molecule has 0 spiro atoms. The van der Waals surface area contributed by atoms with E-state index in [1.807, 2.05) is 30.3 Å². The third-order valence-electron chi connectivity index (χ3n) is 4.37. The number of ketones is 1. The monoisotopic (exact) mass is 423 g/mol. The second-order valence-corrected chi connectivity index (χ2v) is 7.40. The number of rotatable bonds is 9. The maximum atomic E-state index is 12.7. The number of nitrogens with one attached hydrogen (secondary N) is 1. The van der Waals surface area contributed by atoms with Crippen molar-refractivity contribution < 1.29 is 23.9 Å². The molecule has 3 rings (SSSR count). The van der Waals surface area contributed by atoms with Crippen LogP contribution in [0.2, 0.25) is 0 Å². The zero-order valence-electron chi connectivity index (χ0n) is 16.4. The molecule has 0 radical (unpaired) electrons. The smallest absolute Gasteiger partial charge is 0.329 e. The summed E-state index contributed by atoms with van der Waals surface area (Å²) in [6.07, 6.45) is 0.257. The molecule has 0 bridgehead atoms. The Balaban J connectivity index is 1.65. The van der Waals surface area contributed by atoms with Crippen LogP contribution in [0.25, 0.3) is 0 Å². The van der Waals surface area contributed by atoms with Crippen LogP contribution in [-0.4, -0.2) is 37.4 Å². The van der Waals surface area contributed by atoms with Gasteiger partial charge in [-0.05, 0) is 41.3 Å². The van der Waals surface area contributed by atoms with E-state index in [4.69, 9.17) is 9.47 Å². The number of methoxy groups -OCH3 is 1. The highest BCUT2D eigenvalue weighted by molar-refractivity contribution is 7.12. The SMILES string of the molecule is COc1ccc(C(=O)COC(=O)C(Cc2ccccc2)NC(=O)c2cccs2)cc1. The van der Waals surface area contributed by atoms with Crippen molar-refractivity contribution in [3.63, 3.8) is 0 Å². The van der Waals surface area contributed by atoms with E-state index in [0.717, 1.165) is 5.56 Å². The van der Waals surface area contributed by atoms with Crippen LogP contribution in [-0.2, 0) is 16.0 Å². The normalized spacial score (nSPS) is 11.4. The van der Waals surface area contributed by atoms with Gasteiger partial charge in [-0.3, -0.25) is 9.59 Å². The van der Waals surface area contributed by atoms with Gasteiger partial charge in [0.05, 0.1) is 12.0 Å². The van der Waals surface area contributed by atoms with E-state index in [-0.39, 0.29) is 18.1 Å². The highest BCUT2D eigenvalue weighted by Gasteiger charge is 2.24. The molecule has 7 heteroatoms. The predicted molar refractivity (Wildman–Crippen MR) is 114 cm³/mol. The minimum Gasteiger partial charge on any atom is -0.497 e. The molecule has 0 fully saturated rings. The summed E-state index contributed by atoms with van der Waals surface area (Å²) in [4.78, 5) is 38.0. The average Bonchev–Trinajstić information content (AvgIpc) is 3.32. The van der Waals surface area contributed by atoms with Crippen molar-refractivity contribution in [3.8, 4) is 5.75 Å². The van der Waals surface area contributed by atoms with E-state index in [1.165, 1.54) is 18.4 Å². The molecule has 1 aromatic heterocycles. The van der Waals surface area contributed by atoms with Gasteiger partial charge in [0.25, 0.3) is 5.91 Å². The Hall–Kier alpha value is -3.45. The van der Waals surface area contributed by atoms with Crippen LogP contribution in [0, 0.1) is 0 Å². The number of esters is 1. The van der Waals surface area contributed by atoms with Crippen LogP contribution < -0.4 is 10.1 Å². The zero-order chi connectivity index (χ0) is 21.3. The Kier molecular flexibility index (Phi) is 7.34. The van der Waals surface area contributed by atoms with Gasteiger partial charge in [-0.2, -0.15) is 0 Å². The highest BCUT2D eigenvalue weighted by atomic mass is 32.1. The van der Waals surface area contributed by atoms with Gasteiger partial charge < -0.3 is 14.8 Å². The van der Waals surface area contributed by atoms with Crippen molar-refractivity contribution in [2.45, 2.75) is 12.5 Å². The molecule has 1 unspecified atom stereocenters. The molecule has 1 atom stereocenters. The number of hydrogen-bond acceptors (Lipinski definition) is 6. The molecular weight excluding hydrogens is 402 g/mol. The Morgan fingerprint density at radius 2 is 1.70 bits per heavy atom. The zero-order valence-corrected chi connectivity index (χ0v) is 17.2. The van der Waals surface area contributed by atoms with E-state index in [0.29, 0.717) is 16.2 Å². The maximum absolute atomic E-state index is 12.7. The molecule has 1 N–H and O–H groups in total. The van der Waals surface area contributed by atoms with E-state index >= 15 is 0 Å². The van der Waals surface area contributed by atoms with Crippen molar-refractivity contribution in [2.75, 3.05) is 13.7 Å². The molecule has 3 aromatic rings. The Morgan fingerprint density at radius 3 is 2.33 bits per heavy atom. The van der Waals surface area contributed by atoms with Gasteiger partial charge in [-0.15, -0.1) is 11.3 Å². The molecule has 0 saturated carbocycles. The third-order valence-corrected chi connectivity index (χ3v) is 5.24. The minimum atomic E-state index is -0.911. The second-order valence-electron chi connectivity index (χ2n) is 6.45. The molecule has 0 aliphatic rings. The van der Waals surface area contributed by atoms with Crippen molar-refractivity contribution >= 4 is 29.0 Å². The summed E-state index contributed by atoms with van der Waals surface area (Å²) in [5.41, 5.74) is 1.28. The van der Waals surface area contributed by atoms with Crippen molar-refractivity contribution in [3.05, 3.63) is 88.1 Å². The highest BCUT2D eigenvalue weighted by Crippen LogP contribution is 2.13. The predicted octanol–water partition coefficient (Wildman–Crippen LogP) is 3.52. The summed E-state index contributed by atoms with van der Waals surface area (Å²) < 4.78 is 10.3. The molecule has 0 aliphatic carbocycles. The third kappa shape index (κ3) is 5.78. The molecule has 0 saturated heterocycles. The van der Waals surface area contributed by atoms with Gasteiger partial charge in [0, 0.05) is 12.0 Å². The fourth-order valence-electron chi connectivity index (χ4n) is 2.78. The number of carbonyl (C=O) groups is 3. The first-order valence-corrected chi connectivity index (χ1v) is 10.2. The molecule has 1 amide bonds. The summed E-state index contributed by atoms with van der Waals surface area (Å²) in [5.74, 6) is -0.730. The van der Waals surface area contributed by atoms with E-state index < -0.39 is 18.6 Å². The van der Waals surface area contributed by atoms with E-state index in [2.05, 4.69) is 5.32 Å². The lowest BCUT2D eigenvalue weighted by molar-refractivity contribution is -0.144. The topological polar surface area (TPSA) is 81.7 Å². The van der Waals surface area contributed by atoms with Crippen LogP contribution in [0.1, 0.15) is 25.6 Å². The van der Waals surface area contributed by atoms with E-state index in [1.54, 1.807) is 41.8 Å². The van der Waals surface area contributed by atoms with Crippen molar-refractivity contribution in [1.29, 1.82) is 0 Å². The van der Waals surface area contributed by atoms with Gasteiger partial charge in [0.15, 0.2) is 12.4 Å². The number of ether oxygens (including phenoxy) is 2. The quantitative estimate of drug-likeness (QED) is 0.421. The number of hydrogen-bond donors (Lipinski definition) is 1. The van der Waals surface area contributed by atoms with E-state index in [9.17, 15) is 14.4 Å². The number of thiophene rings is 1. The Labute approximate surface area is 178 Å².